The Morgan fingerprint density at radius 2 is 2.04 bits per heavy atom. The highest BCUT2D eigenvalue weighted by atomic mass is 35.5. The van der Waals surface area contributed by atoms with Crippen LogP contribution in [0.25, 0.3) is 0 Å². The molecule has 2 fully saturated rings. The van der Waals surface area contributed by atoms with Gasteiger partial charge in [-0.2, -0.15) is 0 Å². The number of amides is 2. The average Bonchev–Trinajstić information content (AvgIpc) is 3.02. The molecule has 23 heavy (non-hydrogen) atoms. The van der Waals surface area contributed by atoms with E-state index in [1.54, 1.807) is 0 Å². The van der Waals surface area contributed by atoms with Crippen LogP contribution in [0.1, 0.15) is 50.1 Å². The van der Waals surface area contributed by atoms with Crippen molar-refractivity contribution in [3.63, 3.8) is 0 Å². The van der Waals surface area contributed by atoms with E-state index in [-0.39, 0.29) is 24.7 Å². The Labute approximate surface area is 142 Å². The topological polar surface area (TPSA) is 61.4 Å². The molecule has 0 aliphatic heterocycles. The van der Waals surface area contributed by atoms with Crippen molar-refractivity contribution in [2.45, 2.75) is 50.6 Å². The first-order valence-corrected chi connectivity index (χ1v) is 8.97. The molecular formula is C18H25ClN2O2. The van der Waals surface area contributed by atoms with Crippen molar-refractivity contribution in [3.8, 4) is 0 Å². The maximum atomic E-state index is 12.3. The van der Waals surface area contributed by atoms with Crippen molar-refractivity contribution in [3.05, 3.63) is 34.9 Å². The maximum absolute atomic E-state index is 12.3. The Balaban J connectivity index is 1.63. The van der Waals surface area contributed by atoms with Crippen LogP contribution < -0.4 is 10.6 Å². The van der Waals surface area contributed by atoms with Crippen LogP contribution in [0.5, 0.6) is 0 Å². The number of carbonyl (C=O) groups is 1. The lowest BCUT2D eigenvalue weighted by molar-refractivity contribution is 0.128. The number of carbonyl (C=O) groups excluding carboxylic acids is 1. The van der Waals surface area contributed by atoms with Gasteiger partial charge in [0.1, 0.15) is 0 Å². The van der Waals surface area contributed by atoms with Crippen molar-refractivity contribution < 1.29 is 9.90 Å². The van der Waals surface area contributed by atoms with Crippen LogP contribution in [0.3, 0.4) is 0 Å². The van der Waals surface area contributed by atoms with E-state index in [1.165, 1.54) is 12.8 Å². The van der Waals surface area contributed by atoms with Crippen molar-refractivity contribution in [2.75, 3.05) is 6.61 Å². The lowest BCUT2D eigenvalue weighted by atomic mass is 9.81. The predicted octanol–water partition coefficient (Wildman–Crippen LogP) is 3.64. The zero-order valence-corrected chi connectivity index (χ0v) is 14.1. The normalized spacial score (nSPS) is 25.7. The molecule has 1 aromatic rings. The second-order valence-corrected chi connectivity index (χ2v) is 7.35. The van der Waals surface area contributed by atoms with Crippen LogP contribution in [-0.2, 0) is 0 Å². The maximum Gasteiger partial charge on any atom is 0.315 e. The second kappa shape index (κ2) is 7.54. The van der Waals surface area contributed by atoms with Crippen molar-refractivity contribution in [1.29, 1.82) is 0 Å². The molecule has 2 amide bonds. The van der Waals surface area contributed by atoms with Gasteiger partial charge in [0.2, 0.25) is 0 Å². The van der Waals surface area contributed by atoms with Gasteiger partial charge in [-0.15, -0.1) is 0 Å². The number of benzene rings is 1. The van der Waals surface area contributed by atoms with Crippen LogP contribution in [-0.4, -0.2) is 23.8 Å². The van der Waals surface area contributed by atoms with Gasteiger partial charge in [0, 0.05) is 17.7 Å². The van der Waals surface area contributed by atoms with Crippen LogP contribution in [0.15, 0.2) is 24.3 Å². The summed E-state index contributed by atoms with van der Waals surface area (Å²) in [5.74, 6) is 0.824. The number of aliphatic hydroxyl groups excluding tert-OH is 1. The van der Waals surface area contributed by atoms with Gasteiger partial charge in [-0.3, -0.25) is 0 Å². The van der Waals surface area contributed by atoms with E-state index in [0.29, 0.717) is 16.9 Å². The van der Waals surface area contributed by atoms with Crippen LogP contribution in [0.4, 0.5) is 4.79 Å². The third kappa shape index (κ3) is 4.18. The summed E-state index contributed by atoms with van der Waals surface area (Å²) in [7, 11) is 0. The SMILES string of the molecule is O=C(NC1CC(CO)C1)N[C@H](c1cccc(Cl)c1)C1CCCC1. The number of halogens is 1. The fourth-order valence-electron chi connectivity index (χ4n) is 3.84. The molecule has 0 radical (unpaired) electrons. The van der Waals surface area contributed by atoms with Gasteiger partial charge in [-0.1, -0.05) is 36.6 Å². The van der Waals surface area contributed by atoms with Gasteiger partial charge in [0.05, 0.1) is 6.04 Å². The van der Waals surface area contributed by atoms with Crippen molar-refractivity contribution in [2.24, 2.45) is 11.8 Å². The van der Waals surface area contributed by atoms with Gasteiger partial charge in [0.15, 0.2) is 0 Å². The summed E-state index contributed by atoms with van der Waals surface area (Å²) in [6, 6.07) is 7.90. The van der Waals surface area contributed by atoms with E-state index in [4.69, 9.17) is 16.7 Å². The second-order valence-electron chi connectivity index (χ2n) is 6.91. The lowest BCUT2D eigenvalue weighted by Crippen LogP contribution is -2.50. The molecule has 0 heterocycles. The first-order valence-electron chi connectivity index (χ1n) is 8.59. The number of aliphatic hydroxyl groups is 1. The largest absolute Gasteiger partial charge is 0.396 e. The molecule has 2 aliphatic carbocycles. The Kier molecular flexibility index (Phi) is 5.44. The Morgan fingerprint density at radius 1 is 1.30 bits per heavy atom. The molecule has 1 aromatic carbocycles. The third-order valence-electron chi connectivity index (χ3n) is 5.19. The smallest absolute Gasteiger partial charge is 0.315 e. The molecule has 3 rings (SSSR count). The zero-order valence-electron chi connectivity index (χ0n) is 13.3. The van der Waals surface area contributed by atoms with E-state index in [2.05, 4.69) is 10.6 Å². The molecule has 0 bridgehead atoms. The summed E-state index contributed by atoms with van der Waals surface area (Å²) in [4.78, 5) is 12.3. The van der Waals surface area contributed by atoms with E-state index in [1.807, 2.05) is 24.3 Å². The molecule has 2 aliphatic rings. The summed E-state index contributed by atoms with van der Waals surface area (Å²) in [5, 5.41) is 16.0. The fraction of sp³-hybridized carbons (Fsp3) is 0.611. The number of urea groups is 1. The number of hydrogen-bond acceptors (Lipinski definition) is 2. The van der Waals surface area contributed by atoms with E-state index < -0.39 is 0 Å². The summed E-state index contributed by atoms with van der Waals surface area (Å²) < 4.78 is 0. The molecule has 0 saturated heterocycles. The van der Waals surface area contributed by atoms with E-state index in [9.17, 15) is 4.79 Å². The van der Waals surface area contributed by atoms with Crippen molar-refractivity contribution >= 4 is 17.6 Å². The molecule has 0 unspecified atom stereocenters. The van der Waals surface area contributed by atoms with E-state index >= 15 is 0 Å². The van der Waals surface area contributed by atoms with Gasteiger partial charge in [0.25, 0.3) is 0 Å². The van der Waals surface area contributed by atoms with Crippen molar-refractivity contribution in [1.82, 2.24) is 10.6 Å². The van der Waals surface area contributed by atoms with Gasteiger partial charge < -0.3 is 15.7 Å². The minimum Gasteiger partial charge on any atom is -0.396 e. The zero-order chi connectivity index (χ0) is 16.2. The highest BCUT2D eigenvalue weighted by Gasteiger charge is 2.32. The molecule has 3 N–H and O–H groups in total. The lowest BCUT2D eigenvalue weighted by Gasteiger charge is -2.35. The van der Waals surface area contributed by atoms with Gasteiger partial charge in [-0.25, -0.2) is 4.79 Å². The molecule has 126 valence electrons. The van der Waals surface area contributed by atoms with E-state index in [0.717, 1.165) is 31.2 Å². The molecular weight excluding hydrogens is 312 g/mol. The first kappa shape index (κ1) is 16.6. The summed E-state index contributed by atoms with van der Waals surface area (Å²) in [6.07, 6.45) is 6.49. The fourth-order valence-corrected chi connectivity index (χ4v) is 4.03. The molecule has 2 saturated carbocycles. The standard InChI is InChI=1S/C18H25ClN2O2/c19-15-7-3-6-14(10-15)17(13-4-1-2-5-13)21-18(23)20-16-8-12(9-16)11-22/h3,6-7,10,12-13,16-17,22H,1-2,4-5,8-9,11H2,(H2,20,21,23)/t12?,16?,17-/m0/s1. The summed E-state index contributed by atoms with van der Waals surface area (Å²) in [6.45, 7) is 0.215. The minimum atomic E-state index is -0.108. The quantitative estimate of drug-likeness (QED) is 0.768. The molecule has 0 aromatic heterocycles. The third-order valence-corrected chi connectivity index (χ3v) is 5.43. The number of rotatable bonds is 5. The molecule has 5 heteroatoms. The first-order chi connectivity index (χ1) is 11.2. The van der Waals surface area contributed by atoms with Gasteiger partial charge in [-0.05, 0) is 55.2 Å². The summed E-state index contributed by atoms with van der Waals surface area (Å²) >= 11 is 6.13. The van der Waals surface area contributed by atoms with Crippen LogP contribution in [0, 0.1) is 11.8 Å². The highest BCUT2D eigenvalue weighted by Crippen LogP contribution is 2.36. The molecule has 4 nitrogen and oxygen atoms in total. The summed E-state index contributed by atoms with van der Waals surface area (Å²) in [5.41, 5.74) is 1.08. The molecule has 1 atom stereocenters. The highest BCUT2D eigenvalue weighted by molar-refractivity contribution is 6.30. The Hall–Kier alpha value is -1.26. The average molecular weight is 337 g/mol. The van der Waals surface area contributed by atoms with Gasteiger partial charge >= 0.3 is 6.03 Å². The Morgan fingerprint density at radius 3 is 2.70 bits per heavy atom. The monoisotopic (exact) mass is 336 g/mol. The predicted molar refractivity (Wildman–Crippen MR) is 91.4 cm³/mol. The van der Waals surface area contributed by atoms with Crippen LogP contribution >= 0.6 is 11.6 Å². The molecule has 0 spiro atoms. The Bertz CT molecular complexity index is 540. The van der Waals surface area contributed by atoms with Crippen LogP contribution in [0.2, 0.25) is 5.02 Å². The minimum absolute atomic E-state index is 0.0184. The number of hydrogen-bond donors (Lipinski definition) is 3. The number of nitrogens with one attached hydrogen (secondary N) is 2.